The number of aryl methyl sites for hydroxylation is 1. The highest BCUT2D eigenvalue weighted by atomic mass is 14.8. The lowest BCUT2D eigenvalue weighted by Crippen LogP contribution is -2.38. The molecule has 19 heavy (non-hydrogen) atoms. The third-order valence-electron chi connectivity index (χ3n) is 4.71. The predicted octanol–water partition coefficient (Wildman–Crippen LogP) is 4.54. The van der Waals surface area contributed by atoms with Crippen LogP contribution in [0.25, 0.3) is 0 Å². The van der Waals surface area contributed by atoms with Crippen LogP contribution in [0, 0.1) is 11.8 Å². The molecule has 0 aromatic heterocycles. The van der Waals surface area contributed by atoms with E-state index in [1.807, 2.05) is 0 Å². The second-order valence-corrected chi connectivity index (χ2v) is 5.67. The first-order valence-electron chi connectivity index (χ1n) is 7.43. The van der Waals surface area contributed by atoms with Gasteiger partial charge in [-0.1, -0.05) is 38.2 Å². The summed E-state index contributed by atoms with van der Waals surface area (Å²) in [7, 11) is 0. The van der Waals surface area contributed by atoms with Gasteiger partial charge in [-0.25, -0.2) is 0 Å². The molecular weight excluding hydrogens is 230 g/mol. The molecule has 3 rings (SSSR count). The van der Waals surface area contributed by atoms with Crippen molar-refractivity contribution in [1.29, 1.82) is 0 Å². The molecule has 1 fully saturated rings. The quantitative estimate of drug-likeness (QED) is 0.650. The largest absolute Gasteiger partial charge is 0.257 e. The Bertz CT molecular complexity index is 607. The molecule has 0 radical (unpaired) electrons. The molecule has 2 aliphatic rings. The maximum absolute atomic E-state index is 4.82. The summed E-state index contributed by atoms with van der Waals surface area (Å²) in [4.78, 5) is 4.82. The van der Waals surface area contributed by atoms with Crippen LogP contribution in [-0.4, -0.2) is 5.71 Å². The standard InChI is InChI=1S/C18H21N/c1-4-6-8-15-12-17-16(11-14(15)5-2)18(9-7-10-18)13(3)19-17/h11-12H,4-5,7,9-10H2,1-3H3. The maximum atomic E-state index is 4.82. The summed E-state index contributed by atoms with van der Waals surface area (Å²) in [5.74, 6) is 6.49. The first-order chi connectivity index (χ1) is 9.21. The smallest absolute Gasteiger partial charge is 0.0683 e. The van der Waals surface area contributed by atoms with E-state index >= 15 is 0 Å². The van der Waals surface area contributed by atoms with Gasteiger partial charge in [-0.05, 0) is 43.4 Å². The van der Waals surface area contributed by atoms with Gasteiger partial charge in [0, 0.05) is 23.1 Å². The van der Waals surface area contributed by atoms with Crippen molar-refractivity contribution < 1.29 is 0 Å². The van der Waals surface area contributed by atoms with Crippen molar-refractivity contribution in [3.8, 4) is 11.8 Å². The molecule has 0 amide bonds. The fourth-order valence-electron chi connectivity index (χ4n) is 3.35. The van der Waals surface area contributed by atoms with Crippen molar-refractivity contribution >= 4 is 11.4 Å². The minimum atomic E-state index is 0.288. The Balaban J connectivity index is 2.13. The molecule has 0 N–H and O–H groups in total. The SMILES string of the molecule is CCC#Cc1cc2c(cc1CC)C1(CCC1)C(C)=N2. The van der Waals surface area contributed by atoms with Crippen molar-refractivity contribution in [1.82, 2.24) is 0 Å². The monoisotopic (exact) mass is 251 g/mol. The minimum absolute atomic E-state index is 0.288. The maximum Gasteiger partial charge on any atom is 0.0683 e. The van der Waals surface area contributed by atoms with Crippen molar-refractivity contribution in [2.24, 2.45) is 4.99 Å². The fourth-order valence-corrected chi connectivity index (χ4v) is 3.35. The topological polar surface area (TPSA) is 12.4 Å². The number of fused-ring (bicyclic) bond motifs is 2. The van der Waals surface area contributed by atoms with E-state index in [0.29, 0.717) is 0 Å². The second kappa shape index (κ2) is 4.53. The Hall–Kier alpha value is -1.55. The lowest BCUT2D eigenvalue weighted by atomic mass is 9.62. The van der Waals surface area contributed by atoms with Gasteiger partial charge in [0.1, 0.15) is 0 Å². The summed E-state index contributed by atoms with van der Waals surface area (Å²) in [5, 5.41) is 0. The average Bonchev–Trinajstić information content (AvgIpc) is 2.65. The van der Waals surface area contributed by atoms with Crippen LogP contribution in [0.3, 0.4) is 0 Å². The number of nitrogens with zero attached hydrogens (tertiary/aromatic N) is 1. The molecule has 1 spiro atoms. The zero-order valence-electron chi connectivity index (χ0n) is 12.1. The summed E-state index contributed by atoms with van der Waals surface area (Å²) >= 11 is 0. The van der Waals surface area contributed by atoms with Crippen LogP contribution in [0.2, 0.25) is 0 Å². The molecule has 1 aromatic carbocycles. The molecule has 1 aliphatic heterocycles. The fraction of sp³-hybridized carbons (Fsp3) is 0.500. The molecule has 1 aliphatic carbocycles. The molecule has 0 bridgehead atoms. The van der Waals surface area contributed by atoms with Crippen LogP contribution < -0.4 is 0 Å². The van der Waals surface area contributed by atoms with Gasteiger partial charge in [-0.3, -0.25) is 4.99 Å². The van der Waals surface area contributed by atoms with E-state index in [4.69, 9.17) is 4.99 Å². The van der Waals surface area contributed by atoms with Gasteiger partial charge in [-0.2, -0.15) is 0 Å². The molecule has 1 aromatic rings. The van der Waals surface area contributed by atoms with Crippen LogP contribution in [-0.2, 0) is 11.8 Å². The highest BCUT2D eigenvalue weighted by Crippen LogP contribution is 2.53. The summed E-state index contributed by atoms with van der Waals surface area (Å²) < 4.78 is 0. The van der Waals surface area contributed by atoms with E-state index in [2.05, 4.69) is 44.7 Å². The van der Waals surface area contributed by atoms with Crippen LogP contribution >= 0.6 is 0 Å². The van der Waals surface area contributed by atoms with Crippen molar-refractivity contribution in [2.75, 3.05) is 0 Å². The van der Waals surface area contributed by atoms with Gasteiger partial charge >= 0.3 is 0 Å². The van der Waals surface area contributed by atoms with E-state index in [9.17, 15) is 0 Å². The van der Waals surface area contributed by atoms with E-state index in [1.54, 1.807) is 0 Å². The molecular formula is C18H21N. The van der Waals surface area contributed by atoms with Gasteiger partial charge in [0.05, 0.1) is 5.69 Å². The molecule has 0 atom stereocenters. The minimum Gasteiger partial charge on any atom is -0.257 e. The predicted molar refractivity (Wildman–Crippen MR) is 81.3 cm³/mol. The molecule has 98 valence electrons. The van der Waals surface area contributed by atoms with Gasteiger partial charge in [0.15, 0.2) is 0 Å². The van der Waals surface area contributed by atoms with E-state index in [0.717, 1.165) is 12.8 Å². The third-order valence-corrected chi connectivity index (χ3v) is 4.71. The molecule has 0 unspecified atom stereocenters. The van der Waals surface area contributed by atoms with Gasteiger partial charge in [0.25, 0.3) is 0 Å². The Morgan fingerprint density at radius 3 is 2.63 bits per heavy atom. The summed E-state index contributed by atoms with van der Waals surface area (Å²) in [6, 6.07) is 4.60. The van der Waals surface area contributed by atoms with E-state index in [1.165, 1.54) is 47.4 Å². The Kier molecular flexibility index (Phi) is 2.97. The Labute approximate surface area is 116 Å². The van der Waals surface area contributed by atoms with Crippen LogP contribution in [0.4, 0.5) is 5.69 Å². The lowest BCUT2D eigenvalue weighted by molar-refractivity contribution is 0.345. The highest BCUT2D eigenvalue weighted by Gasteiger charge is 2.46. The Morgan fingerprint density at radius 1 is 1.26 bits per heavy atom. The van der Waals surface area contributed by atoms with Crippen molar-refractivity contribution in [3.63, 3.8) is 0 Å². The number of aliphatic imine (C=N–C) groups is 1. The van der Waals surface area contributed by atoms with Gasteiger partial charge in [0.2, 0.25) is 0 Å². The molecule has 1 nitrogen and oxygen atoms in total. The molecule has 0 saturated heterocycles. The molecule has 1 heterocycles. The van der Waals surface area contributed by atoms with Gasteiger partial charge in [-0.15, -0.1) is 0 Å². The Morgan fingerprint density at radius 2 is 2.05 bits per heavy atom. The van der Waals surface area contributed by atoms with Crippen LogP contribution in [0.15, 0.2) is 17.1 Å². The zero-order valence-corrected chi connectivity index (χ0v) is 12.1. The van der Waals surface area contributed by atoms with E-state index in [-0.39, 0.29) is 5.41 Å². The van der Waals surface area contributed by atoms with Gasteiger partial charge < -0.3 is 0 Å². The zero-order chi connectivity index (χ0) is 13.5. The second-order valence-electron chi connectivity index (χ2n) is 5.67. The van der Waals surface area contributed by atoms with Crippen molar-refractivity contribution in [2.45, 2.75) is 58.3 Å². The summed E-state index contributed by atoms with van der Waals surface area (Å²) in [6.45, 7) is 6.51. The first-order valence-corrected chi connectivity index (χ1v) is 7.43. The number of benzene rings is 1. The summed E-state index contributed by atoms with van der Waals surface area (Å²) in [6.07, 6.45) is 5.85. The van der Waals surface area contributed by atoms with E-state index < -0.39 is 0 Å². The highest BCUT2D eigenvalue weighted by molar-refractivity contribution is 6.01. The third kappa shape index (κ3) is 1.74. The number of rotatable bonds is 1. The van der Waals surface area contributed by atoms with Crippen LogP contribution in [0.1, 0.15) is 63.1 Å². The number of hydrogen-bond acceptors (Lipinski definition) is 1. The number of hydrogen-bond donors (Lipinski definition) is 0. The summed E-state index contributed by atoms with van der Waals surface area (Å²) in [5.41, 5.74) is 6.81. The van der Waals surface area contributed by atoms with Crippen molar-refractivity contribution in [3.05, 3.63) is 28.8 Å². The normalized spacial score (nSPS) is 18.4. The average molecular weight is 251 g/mol. The first kappa shape index (κ1) is 12.5. The molecule has 1 heteroatoms. The molecule has 1 saturated carbocycles. The van der Waals surface area contributed by atoms with Crippen LogP contribution in [0.5, 0.6) is 0 Å². The lowest BCUT2D eigenvalue weighted by Gasteiger charge is -2.39.